The molecule has 128 valence electrons. The standard InChI is InChI=1S/C22H23NO2/c24-20(17-25-16-18-9-3-1-4-10-18)15-23-22-14-8-7-13-21(22)19-11-5-2-6-12-19/h1-14,20,23-24H,15-17H2. The molecule has 0 spiro atoms. The van der Waals surface area contributed by atoms with Crippen molar-refractivity contribution in [2.24, 2.45) is 0 Å². The number of hydrogen-bond acceptors (Lipinski definition) is 3. The number of ether oxygens (including phenoxy) is 1. The van der Waals surface area contributed by atoms with Gasteiger partial charge in [-0.1, -0.05) is 78.9 Å². The number of anilines is 1. The van der Waals surface area contributed by atoms with Gasteiger partial charge in [-0.25, -0.2) is 0 Å². The molecule has 3 nitrogen and oxygen atoms in total. The first-order valence-corrected chi connectivity index (χ1v) is 8.51. The van der Waals surface area contributed by atoms with E-state index in [1.165, 1.54) is 0 Å². The molecule has 0 fully saturated rings. The number of rotatable bonds is 8. The normalized spacial score (nSPS) is 11.9. The third-order valence-electron chi connectivity index (χ3n) is 3.96. The van der Waals surface area contributed by atoms with Crippen LogP contribution in [0.5, 0.6) is 0 Å². The van der Waals surface area contributed by atoms with E-state index in [1.807, 2.05) is 66.7 Å². The number of para-hydroxylation sites is 1. The Morgan fingerprint density at radius 3 is 2.20 bits per heavy atom. The molecule has 0 bridgehead atoms. The van der Waals surface area contributed by atoms with Gasteiger partial charge in [-0.2, -0.15) is 0 Å². The molecule has 0 radical (unpaired) electrons. The van der Waals surface area contributed by atoms with Crippen LogP contribution in [0.15, 0.2) is 84.9 Å². The molecule has 2 N–H and O–H groups in total. The van der Waals surface area contributed by atoms with Gasteiger partial charge in [0.25, 0.3) is 0 Å². The lowest BCUT2D eigenvalue weighted by Gasteiger charge is -2.16. The molecular formula is C22H23NO2. The van der Waals surface area contributed by atoms with E-state index in [0.29, 0.717) is 19.8 Å². The molecule has 0 aliphatic heterocycles. The molecule has 25 heavy (non-hydrogen) atoms. The molecule has 3 aromatic carbocycles. The summed E-state index contributed by atoms with van der Waals surface area (Å²) in [4.78, 5) is 0. The van der Waals surface area contributed by atoms with Gasteiger partial charge in [-0.15, -0.1) is 0 Å². The maximum absolute atomic E-state index is 10.2. The minimum Gasteiger partial charge on any atom is -0.389 e. The van der Waals surface area contributed by atoms with Crippen molar-refractivity contribution in [1.82, 2.24) is 0 Å². The van der Waals surface area contributed by atoms with Crippen molar-refractivity contribution in [3.05, 3.63) is 90.5 Å². The Hall–Kier alpha value is -2.62. The lowest BCUT2D eigenvalue weighted by atomic mass is 10.0. The van der Waals surface area contributed by atoms with E-state index in [1.54, 1.807) is 0 Å². The first-order chi connectivity index (χ1) is 12.3. The molecule has 3 heteroatoms. The largest absolute Gasteiger partial charge is 0.389 e. The van der Waals surface area contributed by atoms with Crippen molar-refractivity contribution in [1.29, 1.82) is 0 Å². The molecule has 1 unspecified atom stereocenters. The van der Waals surface area contributed by atoms with E-state index in [-0.39, 0.29) is 0 Å². The summed E-state index contributed by atoms with van der Waals surface area (Å²) in [6, 6.07) is 28.3. The summed E-state index contributed by atoms with van der Waals surface area (Å²) in [5.74, 6) is 0. The Labute approximate surface area is 148 Å². The summed E-state index contributed by atoms with van der Waals surface area (Å²) >= 11 is 0. The Bertz CT molecular complexity index is 759. The first-order valence-electron chi connectivity index (χ1n) is 8.51. The minimum absolute atomic E-state index is 0.301. The first kappa shape index (κ1) is 17.2. The van der Waals surface area contributed by atoms with Crippen LogP contribution in [0.2, 0.25) is 0 Å². The highest BCUT2D eigenvalue weighted by molar-refractivity contribution is 5.77. The molecule has 0 saturated carbocycles. The fraction of sp³-hybridized carbons (Fsp3) is 0.182. The van der Waals surface area contributed by atoms with Crippen molar-refractivity contribution >= 4 is 5.69 Å². The zero-order valence-electron chi connectivity index (χ0n) is 14.1. The van der Waals surface area contributed by atoms with Crippen molar-refractivity contribution in [2.45, 2.75) is 12.7 Å². The van der Waals surface area contributed by atoms with E-state index in [4.69, 9.17) is 4.74 Å². The van der Waals surface area contributed by atoms with Gasteiger partial charge in [0.05, 0.1) is 19.3 Å². The van der Waals surface area contributed by atoms with E-state index in [2.05, 4.69) is 23.5 Å². The molecule has 0 aliphatic rings. The fourth-order valence-corrected chi connectivity index (χ4v) is 2.68. The maximum Gasteiger partial charge on any atom is 0.0945 e. The Morgan fingerprint density at radius 2 is 1.44 bits per heavy atom. The monoisotopic (exact) mass is 333 g/mol. The van der Waals surface area contributed by atoms with Crippen molar-refractivity contribution in [3.8, 4) is 11.1 Å². The second-order valence-electron chi connectivity index (χ2n) is 5.95. The zero-order chi connectivity index (χ0) is 17.3. The van der Waals surface area contributed by atoms with Crippen LogP contribution < -0.4 is 5.32 Å². The second-order valence-corrected chi connectivity index (χ2v) is 5.95. The summed E-state index contributed by atoms with van der Waals surface area (Å²) in [5.41, 5.74) is 4.40. The van der Waals surface area contributed by atoms with E-state index in [9.17, 15) is 5.11 Å². The Kier molecular flexibility index (Phi) is 6.21. The number of aliphatic hydroxyl groups is 1. The molecular weight excluding hydrogens is 310 g/mol. The number of benzene rings is 3. The lowest BCUT2D eigenvalue weighted by Crippen LogP contribution is -2.25. The molecule has 1 atom stereocenters. The molecule has 0 saturated heterocycles. The van der Waals surface area contributed by atoms with Gasteiger partial charge in [-0.05, 0) is 17.2 Å². The van der Waals surface area contributed by atoms with Crippen LogP contribution in [0.25, 0.3) is 11.1 Å². The van der Waals surface area contributed by atoms with Gasteiger partial charge in [0.1, 0.15) is 0 Å². The topological polar surface area (TPSA) is 41.5 Å². The fourth-order valence-electron chi connectivity index (χ4n) is 2.68. The van der Waals surface area contributed by atoms with Crippen LogP contribution in [0.3, 0.4) is 0 Å². The highest BCUT2D eigenvalue weighted by Crippen LogP contribution is 2.27. The zero-order valence-corrected chi connectivity index (χ0v) is 14.1. The minimum atomic E-state index is -0.562. The van der Waals surface area contributed by atoms with Crippen LogP contribution in [0, 0.1) is 0 Å². The summed E-state index contributed by atoms with van der Waals surface area (Å²) < 4.78 is 5.59. The Balaban J connectivity index is 1.52. The van der Waals surface area contributed by atoms with Crippen LogP contribution >= 0.6 is 0 Å². The highest BCUT2D eigenvalue weighted by Gasteiger charge is 2.08. The third kappa shape index (κ3) is 5.18. The lowest BCUT2D eigenvalue weighted by molar-refractivity contribution is 0.0348. The molecule has 0 aliphatic carbocycles. The molecule has 0 aromatic heterocycles. The quantitative estimate of drug-likeness (QED) is 0.644. The van der Waals surface area contributed by atoms with Gasteiger partial charge in [-0.3, -0.25) is 0 Å². The predicted octanol–water partition coefficient (Wildman–Crippen LogP) is 4.34. The van der Waals surface area contributed by atoms with Crippen LogP contribution in [0.1, 0.15) is 5.56 Å². The van der Waals surface area contributed by atoms with Gasteiger partial charge in [0, 0.05) is 17.8 Å². The molecule has 0 heterocycles. The van der Waals surface area contributed by atoms with Crippen LogP contribution in [-0.4, -0.2) is 24.4 Å². The van der Waals surface area contributed by atoms with E-state index in [0.717, 1.165) is 22.4 Å². The third-order valence-corrected chi connectivity index (χ3v) is 3.96. The SMILES string of the molecule is OC(CNc1ccccc1-c1ccccc1)COCc1ccccc1. The smallest absolute Gasteiger partial charge is 0.0945 e. The summed E-state index contributed by atoms with van der Waals surface area (Å²) in [6.45, 7) is 1.26. The predicted molar refractivity (Wildman–Crippen MR) is 102 cm³/mol. The number of hydrogen-bond donors (Lipinski definition) is 2. The number of nitrogens with one attached hydrogen (secondary N) is 1. The van der Waals surface area contributed by atoms with Crippen LogP contribution in [0.4, 0.5) is 5.69 Å². The van der Waals surface area contributed by atoms with Gasteiger partial charge >= 0.3 is 0 Å². The number of aliphatic hydroxyl groups excluding tert-OH is 1. The second kappa shape index (κ2) is 9.02. The average molecular weight is 333 g/mol. The molecule has 3 rings (SSSR count). The van der Waals surface area contributed by atoms with E-state index >= 15 is 0 Å². The summed E-state index contributed by atoms with van der Waals surface area (Å²) in [6.07, 6.45) is -0.562. The van der Waals surface area contributed by atoms with Gasteiger partial charge in [0.15, 0.2) is 0 Å². The average Bonchev–Trinajstić information content (AvgIpc) is 2.68. The molecule has 3 aromatic rings. The summed E-state index contributed by atoms with van der Waals surface area (Å²) in [5, 5.41) is 13.5. The Morgan fingerprint density at radius 1 is 0.800 bits per heavy atom. The van der Waals surface area contributed by atoms with Crippen molar-refractivity contribution in [2.75, 3.05) is 18.5 Å². The van der Waals surface area contributed by atoms with Gasteiger partial charge in [0.2, 0.25) is 0 Å². The van der Waals surface area contributed by atoms with E-state index < -0.39 is 6.10 Å². The molecule has 0 amide bonds. The maximum atomic E-state index is 10.2. The summed E-state index contributed by atoms with van der Waals surface area (Å²) in [7, 11) is 0. The van der Waals surface area contributed by atoms with Gasteiger partial charge < -0.3 is 15.2 Å². The van der Waals surface area contributed by atoms with Crippen molar-refractivity contribution < 1.29 is 9.84 Å². The van der Waals surface area contributed by atoms with Crippen LogP contribution in [-0.2, 0) is 11.3 Å². The van der Waals surface area contributed by atoms with Crippen molar-refractivity contribution in [3.63, 3.8) is 0 Å². The highest BCUT2D eigenvalue weighted by atomic mass is 16.5.